The molecule has 0 radical (unpaired) electrons. The van der Waals surface area contributed by atoms with Gasteiger partial charge in [-0.05, 0) is 55.4 Å². The fourth-order valence-electron chi connectivity index (χ4n) is 5.36. The summed E-state index contributed by atoms with van der Waals surface area (Å²) in [5.74, 6) is 1.49. The van der Waals surface area contributed by atoms with Crippen molar-refractivity contribution in [3.63, 3.8) is 0 Å². The van der Waals surface area contributed by atoms with Gasteiger partial charge in [0.1, 0.15) is 5.82 Å². The maximum atomic E-state index is 13.7. The van der Waals surface area contributed by atoms with Crippen molar-refractivity contribution < 1.29 is 13.9 Å². The Labute approximate surface area is 187 Å². The van der Waals surface area contributed by atoms with Crippen LogP contribution in [0.2, 0.25) is 0 Å². The van der Waals surface area contributed by atoms with Crippen molar-refractivity contribution in [2.24, 2.45) is 11.8 Å². The smallest absolute Gasteiger partial charge is 0.232 e. The van der Waals surface area contributed by atoms with Gasteiger partial charge in [0.15, 0.2) is 5.82 Å². The summed E-state index contributed by atoms with van der Waals surface area (Å²) < 4.78 is 25.0. The number of likely N-dealkylation sites (tertiary alicyclic amines) is 1. The van der Waals surface area contributed by atoms with Crippen LogP contribution in [0, 0.1) is 31.1 Å². The van der Waals surface area contributed by atoms with E-state index in [1.165, 1.54) is 12.1 Å². The largest absolute Gasteiger partial charge is 0.376 e. The lowest BCUT2D eigenvalue weighted by Crippen LogP contribution is -2.39. The molecule has 1 unspecified atom stereocenters. The molecule has 0 spiro atoms. The Hall–Kier alpha value is -2.60. The molecule has 2 saturated heterocycles. The maximum absolute atomic E-state index is 13.7. The lowest BCUT2D eigenvalue weighted by atomic mass is 10.0. The van der Waals surface area contributed by atoms with Crippen LogP contribution in [0.15, 0.2) is 24.3 Å². The maximum Gasteiger partial charge on any atom is 0.232 e. The molecule has 1 saturated carbocycles. The number of aromatic nitrogens is 2. The summed E-state index contributed by atoms with van der Waals surface area (Å²) in [4.78, 5) is 6.16. The number of fused-ring (bicyclic) bond motifs is 1. The van der Waals surface area contributed by atoms with Crippen LogP contribution in [0.25, 0.3) is 16.1 Å². The second kappa shape index (κ2) is 9.10. The number of benzene rings is 1. The van der Waals surface area contributed by atoms with E-state index in [2.05, 4.69) is 25.3 Å². The van der Waals surface area contributed by atoms with Crippen LogP contribution in [0.5, 0.6) is 0 Å². The van der Waals surface area contributed by atoms with Crippen molar-refractivity contribution >= 4 is 11.5 Å². The molecule has 2 aliphatic heterocycles. The Balaban J connectivity index is 1.21. The van der Waals surface area contributed by atoms with E-state index in [9.17, 15) is 4.39 Å². The van der Waals surface area contributed by atoms with Crippen molar-refractivity contribution in [2.75, 3.05) is 44.8 Å². The molecule has 0 bridgehead atoms. The first-order valence-electron chi connectivity index (χ1n) is 11.3. The Bertz CT molecular complexity index is 1010. The number of halogens is 1. The molecule has 0 amide bonds. The van der Waals surface area contributed by atoms with Gasteiger partial charge in [0.25, 0.3) is 0 Å². The molecule has 5 rings (SSSR count). The molecular formula is C24H28FN5O2. The third kappa shape index (κ3) is 4.46. The zero-order valence-electron chi connectivity index (χ0n) is 18.3. The predicted octanol–water partition coefficient (Wildman–Crippen LogP) is 3.68. The Morgan fingerprint density at radius 3 is 2.72 bits per heavy atom. The average molecular weight is 438 g/mol. The van der Waals surface area contributed by atoms with Gasteiger partial charge in [0.05, 0.1) is 38.2 Å². The molecule has 3 aliphatic rings. The van der Waals surface area contributed by atoms with Gasteiger partial charge in [-0.3, -0.25) is 0 Å². The Morgan fingerprint density at radius 1 is 1.19 bits per heavy atom. The van der Waals surface area contributed by atoms with Gasteiger partial charge in [-0.2, -0.15) is 5.10 Å². The van der Waals surface area contributed by atoms with Gasteiger partial charge in [0, 0.05) is 31.2 Å². The zero-order valence-corrected chi connectivity index (χ0v) is 18.3. The minimum Gasteiger partial charge on any atom is -0.376 e. The van der Waals surface area contributed by atoms with E-state index >= 15 is 0 Å². The summed E-state index contributed by atoms with van der Waals surface area (Å²) in [5.41, 5.74) is 2.51. The molecular weight excluding hydrogens is 409 g/mol. The molecule has 8 heteroatoms. The van der Waals surface area contributed by atoms with Crippen molar-refractivity contribution in [1.82, 2.24) is 15.1 Å². The van der Waals surface area contributed by atoms with Crippen LogP contribution in [-0.2, 0) is 9.47 Å². The number of ether oxygens (including phenoxy) is 2. The summed E-state index contributed by atoms with van der Waals surface area (Å²) in [6, 6.07) is 6.57. The van der Waals surface area contributed by atoms with E-state index < -0.39 is 0 Å². The fourth-order valence-corrected chi connectivity index (χ4v) is 5.36. The van der Waals surface area contributed by atoms with E-state index in [-0.39, 0.29) is 18.0 Å². The first-order chi connectivity index (χ1) is 15.6. The van der Waals surface area contributed by atoms with Gasteiger partial charge >= 0.3 is 0 Å². The number of nitrogens with zero attached hydrogens (tertiary/aromatic N) is 4. The van der Waals surface area contributed by atoms with E-state index in [1.54, 1.807) is 12.1 Å². The number of anilines is 1. The molecule has 1 N–H and O–H groups in total. The van der Waals surface area contributed by atoms with Crippen molar-refractivity contribution in [1.29, 1.82) is 0 Å². The molecule has 3 heterocycles. The van der Waals surface area contributed by atoms with E-state index in [1.807, 2.05) is 6.92 Å². The average Bonchev–Trinajstić information content (AvgIpc) is 3.34. The quantitative estimate of drug-likeness (QED) is 0.720. The van der Waals surface area contributed by atoms with E-state index in [0.717, 1.165) is 38.0 Å². The lowest BCUT2D eigenvalue weighted by molar-refractivity contribution is -0.0964. The SMILES string of the molecule is [C-]#[N+]c1cc(-c2cc(F)ccc2C)nnc1NC1C[C@@H]2CN(C[C@H]3COCCO3)C[C@@H]2C1. The third-order valence-corrected chi connectivity index (χ3v) is 6.88. The van der Waals surface area contributed by atoms with Gasteiger partial charge in [-0.15, -0.1) is 5.10 Å². The normalized spacial score (nSPS) is 27.8. The number of hydrogen-bond donors (Lipinski definition) is 1. The van der Waals surface area contributed by atoms with Crippen LogP contribution in [0.3, 0.4) is 0 Å². The number of hydrogen-bond acceptors (Lipinski definition) is 6. The topological polar surface area (TPSA) is 63.9 Å². The first-order valence-corrected chi connectivity index (χ1v) is 11.3. The molecule has 1 aromatic carbocycles. The van der Waals surface area contributed by atoms with Crippen molar-refractivity contribution in [2.45, 2.75) is 31.9 Å². The predicted molar refractivity (Wildman–Crippen MR) is 119 cm³/mol. The van der Waals surface area contributed by atoms with Crippen molar-refractivity contribution in [3.8, 4) is 11.3 Å². The monoisotopic (exact) mass is 437 g/mol. The van der Waals surface area contributed by atoms with Crippen LogP contribution < -0.4 is 5.32 Å². The van der Waals surface area contributed by atoms with Crippen LogP contribution in [-0.4, -0.2) is 66.7 Å². The lowest BCUT2D eigenvalue weighted by Gasteiger charge is -2.28. The summed E-state index contributed by atoms with van der Waals surface area (Å²) in [6.45, 7) is 14.7. The van der Waals surface area contributed by atoms with Crippen LogP contribution in [0.1, 0.15) is 18.4 Å². The summed E-state index contributed by atoms with van der Waals surface area (Å²) >= 11 is 0. The summed E-state index contributed by atoms with van der Waals surface area (Å²) in [7, 11) is 0. The highest BCUT2D eigenvalue weighted by Crippen LogP contribution is 2.40. The molecule has 7 nitrogen and oxygen atoms in total. The highest BCUT2D eigenvalue weighted by atomic mass is 19.1. The molecule has 4 atom stereocenters. The highest BCUT2D eigenvalue weighted by molar-refractivity contribution is 5.73. The zero-order chi connectivity index (χ0) is 22.1. The summed E-state index contributed by atoms with van der Waals surface area (Å²) in [6.07, 6.45) is 2.31. The van der Waals surface area contributed by atoms with Gasteiger partial charge in [-0.1, -0.05) is 6.07 Å². The second-order valence-corrected chi connectivity index (χ2v) is 9.15. The molecule has 3 fully saturated rings. The number of rotatable bonds is 5. The molecule has 2 aromatic rings. The fraction of sp³-hybridized carbons (Fsp3) is 0.542. The minimum absolute atomic E-state index is 0.188. The van der Waals surface area contributed by atoms with E-state index in [0.29, 0.717) is 54.4 Å². The van der Waals surface area contributed by atoms with Crippen LogP contribution in [0.4, 0.5) is 15.9 Å². The standard InChI is InChI=1S/C24H28FN5O2/c1-15-3-4-18(25)9-21(15)22-10-23(26-2)24(29-28-22)27-19-7-16-11-30(12-17(16)8-19)13-20-14-31-5-6-32-20/h3-4,9-10,16-17,19-20H,5-8,11-14H2,1H3,(H,27,29)/t16-,17+,19?,20-/m0/s1. The second-order valence-electron chi connectivity index (χ2n) is 9.15. The van der Waals surface area contributed by atoms with Gasteiger partial charge < -0.3 is 19.7 Å². The van der Waals surface area contributed by atoms with Crippen molar-refractivity contribution in [3.05, 3.63) is 47.1 Å². The van der Waals surface area contributed by atoms with E-state index in [4.69, 9.17) is 16.0 Å². The Morgan fingerprint density at radius 2 is 2.00 bits per heavy atom. The van der Waals surface area contributed by atoms with Gasteiger partial charge in [0.2, 0.25) is 5.69 Å². The molecule has 1 aliphatic carbocycles. The minimum atomic E-state index is -0.326. The molecule has 168 valence electrons. The number of nitrogens with one attached hydrogen (secondary N) is 1. The highest BCUT2D eigenvalue weighted by Gasteiger charge is 2.41. The summed E-state index contributed by atoms with van der Waals surface area (Å²) in [5, 5.41) is 12.1. The number of aryl methyl sites for hydroxylation is 1. The third-order valence-electron chi connectivity index (χ3n) is 6.88. The first kappa shape index (κ1) is 21.3. The molecule has 1 aromatic heterocycles. The van der Waals surface area contributed by atoms with Crippen LogP contribution >= 0.6 is 0 Å². The molecule has 32 heavy (non-hydrogen) atoms. The van der Waals surface area contributed by atoms with Gasteiger partial charge in [-0.25, -0.2) is 9.24 Å². The Kier molecular flexibility index (Phi) is 6.05.